The molecule has 31 heavy (non-hydrogen) atoms. The van der Waals surface area contributed by atoms with Gasteiger partial charge in [0.1, 0.15) is 17.2 Å². The number of rotatable bonds is 7. The number of aromatic nitrogens is 1. The maximum Gasteiger partial charge on any atom is 0.257 e. The molecule has 0 radical (unpaired) electrons. The van der Waals surface area contributed by atoms with Crippen molar-refractivity contribution in [2.75, 3.05) is 33.2 Å². The van der Waals surface area contributed by atoms with Gasteiger partial charge >= 0.3 is 0 Å². The molecular formula is C23H25N3O4S. The third kappa shape index (κ3) is 4.98. The Morgan fingerprint density at radius 1 is 1.03 bits per heavy atom. The fourth-order valence-electron chi connectivity index (χ4n) is 3.62. The molecule has 4 rings (SSSR count). The second kappa shape index (κ2) is 9.36. The maximum atomic E-state index is 12.7. The number of carbonyl (C=O) groups excluding carboxylic acids is 1. The fraction of sp³-hybridized carbons (Fsp3) is 0.304. The molecule has 0 fully saturated rings. The van der Waals surface area contributed by atoms with Crippen LogP contribution in [0.25, 0.3) is 0 Å². The van der Waals surface area contributed by atoms with E-state index in [1.807, 2.05) is 11.4 Å². The molecule has 0 bridgehead atoms. The summed E-state index contributed by atoms with van der Waals surface area (Å²) < 4.78 is 15.8. The second-order valence-electron chi connectivity index (χ2n) is 7.29. The van der Waals surface area contributed by atoms with Gasteiger partial charge in [-0.2, -0.15) is 0 Å². The number of hydrogen-bond donors (Lipinski definition) is 1. The van der Waals surface area contributed by atoms with Crippen molar-refractivity contribution in [3.63, 3.8) is 0 Å². The van der Waals surface area contributed by atoms with Crippen molar-refractivity contribution >= 4 is 22.4 Å². The van der Waals surface area contributed by atoms with Gasteiger partial charge in [-0.15, -0.1) is 11.3 Å². The molecule has 0 saturated carbocycles. The van der Waals surface area contributed by atoms with E-state index in [-0.39, 0.29) is 5.91 Å². The summed E-state index contributed by atoms with van der Waals surface area (Å²) in [7, 11) is 4.80. The molecule has 0 spiro atoms. The van der Waals surface area contributed by atoms with Gasteiger partial charge in [0.15, 0.2) is 5.13 Å². The van der Waals surface area contributed by atoms with Crippen LogP contribution in [-0.2, 0) is 19.5 Å². The molecular weight excluding hydrogens is 414 g/mol. The first-order chi connectivity index (χ1) is 15.1. The number of nitrogens with one attached hydrogen (secondary N) is 1. The lowest BCUT2D eigenvalue weighted by Gasteiger charge is -2.28. The van der Waals surface area contributed by atoms with Gasteiger partial charge in [-0.3, -0.25) is 15.0 Å². The van der Waals surface area contributed by atoms with Crippen LogP contribution in [0.3, 0.4) is 0 Å². The topological polar surface area (TPSA) is 72.9 Å². The zero-order valence-electron chi connectivity index (χ0n) is 17.8. The van der Waals surface area contributed by atoms with E-state index in [4.69, 9.17) is 14.2 Å². The summed E-state index contributed by atoms with van der Waals surface area (Å²) >= 11 is 1.42. The first kappa shape index (κ1) is 21.1. The molecule has 1 N–H and O–H groups in total. The van der Waals surface area contributed by atoms with E-state index in [1.165, 1.54) is 22.5 Å². The molecule has 1 amide bonds. The Labute approximate surface area is 185 Å². The Balaban J connectivity index is 1.39. The van der Waals surface area contributed by atoms with Crippen molar-refractivity contribution in [2.45, 2.75) is 19.5 Å². The van der Waals surface area contributed by atoms with Crippen LogP contribution in [0, 0.1) is 0 Å². The summed E-state index contributed by atoms with van der Waals surface area (Å²) in [5.74, 6) is 1.78. The minimum Gasteiger partial charge on any atom is -0.497 e. The van der Waals surface area contributed by atoms with Gasteiger partial charge in [-0.25, -0.2) is 4.98 Å². The average molecular weight is 440 g/mol. The smallest absolute Gasteiger partial charge is 0.257 e. The van der Waals surface area contributed by atoms with Gasteiger partial charge in [-0.05, 0) is 41.8 Å². The number of carbonyl (C=O) groups is 1. The number of methoxy groups -OCH3 is 3. The highest BCUT2D eigenvalue weighted by Crippen LogP contribution is 2.26. The van der Waals surface area contributed by atoms with Crippen LogP contribution in [0.2, 0.25) is 0 Å². The first-order valence-corrected chi connectivity index (χ1v) is 10.8. The number of fused-ring (bicyclic) bond motifs is 1. The van der Waals surface area contributed by atoms with Crippen LogP contribution in [0.1, 0.15) is 27.2 Å². The van der Waals surface area contributed by atoms with Crippen LogP contribution in [0.5, 0.6) is 17.2 Å². The Morgan fingerprint density at radius 3 is 2.48 bits per heavy atom. The van der Waals surface area contributed by atoms with Gasteiger partial charge in [0.05, 0.1) is 27.0 Å². The molecule has 8 heteroatoms. The Bertz CT molecular complexity index is 1060. The Kier molecular flexibility index (Phi) is 6.39. The zero-order valence-corrected chi connectivity index (χ0v) is 18.6. The van der Waals surface area contributed by atoms with Gasteiger partial charge in [-0.1, -0.05) is 6.07 Å². The first-order valence-electron chi connectivity index (χ1n) is 9.95. The van der Waals surface area contributed by atoms with Crippen molar-refractivity contribution in [3.8, 4) is 17.2 Å². The number of ether oxygens (including phenoxy) is 3. The molecule has 2 aromatic carbocycles. The highest BCUT2D eigenvalue weighted by Gasteiger charge is 2.18. The monoisotopic (exact) mass is 439 g/mol. The summed E-state index contributed by atoms with van der Waals surface area (Å²) in [6.45, 7) is 2.58. The maximum absolute atomic E-state index is 12.7. The van der Waals surface area contributed by atoms with E-state index in [9.17, 15) is 4.79 Å². The summed E-state index contributed by atoms with van der Waals surface area (Å²) in [6, 6.07) is 11.3. The molecule has 7 nitrogen and oxygen atoms in total. The van der Waals surface area contributed by atoms with E-state index in [0.29, 0.717) is 22.2 Å². The molecule has 162 valence electrons. The van der Waals surface area contributed by atoms with E-state index in [2.05, 4.69) is 27.3 Å². The van der Waals surface area contributed by atoms with E-state index in [0.717, 1.165) is 37.5 Å². The highest BCUT2D eigenvalue weighted by atomic mass is 32.1. The quantitative estimate of drug-likeness (QED) is 0.600. The van der Waals surface area contributed by atoms with Crippen molar-refractivity contribution in [1.82, 2.24) is 9.88 Å². The van der Waals surface area contributed by atoms with Crippen molar-refractivity contribution < 1.29 is 19.0 Å². The molecule has 1 aromatic heterocycles. The van der Waals surface area contributed by atoms with Crippen LogP contribution in [-0.4, -0.2) is 43.7 Å². The number of thiazole rings is 1. The highest BCUT2D eigenvalue weighted by molar-refractivity contribution is 7.14. The zero-order chi connectivity index (χ0) is 21.8. The van der Waals surface area contributed by atoms with Crippen molar-refractivity contribution in [3.05, 3.63) is 64.2 Å². The molecule has 0 saturated heterocycles. The van der Waals surface area contributed by atoms with Crippen molar-refractivity contribution in [2.24, 2.45) is 0 Å². The number of benzene rings is 2. The van der Waals surface area contributed by atoms with Gasteiger partial charge in [0.2, 0.25) is 0 Å². The van der Waals surface area contributed by atoms with Crippen LogP contribution in [0.4, 0.5) is 5.13 Å². The Hall–Kier alpha value is -3.10. The van der Waals surface area contributed by atoms with Gasteiger partial charge in [0, 0.05) is 36.6 Å². The normalized spacial score (nSPS) is 13.4. The molecule has 0 aliphatic carbocycles. The lowest BCUT2D eigenvalue weighted by Crippen LogP contribution is -2.30. The fourth-order valence-corrected chi connectivity index (χ4v) is 4.32. The summed E-state index contributed by atoms with van der Waals surface area (Å²) in [5.41, 5.74) is 4.06. The average Bonchev–Trinajstić information content (AvgIpc) is 3.24. The van der Waals surface area contributed by atoms with Crippen molar-refractivity contribution in [1.29, 1.82) is 0 Å². The number of amides is 1. The van der Waals surface area contributed by atoms with Gasteiger partial charge < -0.3 is 14.2 Å². The standard InChI is InChI=1S/C23H25N3O4S/c1-28-19-5-4-16-12-26(7-6-15(16)8-19)13-18-14-31-23(24-18)25-22(27)17-9-20(29-2)11-21(10-17)30-3/h4-5,8-11,14H,6-7,12-13H2,1-3H3,(H,24,25,27). The third-order valence-corrected chi connectivity index (χ3v) is 6.08. The molecule has 3 aromatic rings. The lowest BCUT2D eigenvalue weighted by atomic mass is 9.99. The van der Waals surface area contributed by atoms with Crippen LogP contribution >= 0.6 is 11.3 Å². The van der Waals surface area contributed by atoms with E-state index in [1.54, 1.807) is 39.5 Å². The molecule has 1 aliphatic rings. The Morgan fingerprint density at radius 2 is 1.77 bits per heavy atom. The molecule has 1 aliphatic heterocycles. The largest absolute Gasteiger partial charge is 0.497 e. The minimum atomic E-state index is -0.251. The SMILES string of the molecule is COc1cc(OC)cc(C(=O)Nc2nc(CN3CCc4cc(OC)ccc4C3)cs2)c1. The lowest BCUT2D eigenvalue weighted by molar-refractivity contribution is 0.102. The summed E-state index contributed by atoms with van der Waals surface area (Å²) in [6.07, 6.45) is 0.984. The molecule has 0 atom stereocenters. The van der Waals surface area contributed by atoms with E-state index < -0.39 is 0 Å². The number of hydrogen-bond acceptors (Lipinski definition) is 7. The predicted octanol–water partition coefficient (Wildman–Crippen LogP) is 3.98. The summed E-state index contributed by atoms with van der Waals surface area (Å²) in [4.78, 5) is 19.6. The van der Waals surface area contributed by atoms with Crippen LogP contribution < -0.4 is 19.5 Å². The van der Waals surface area contributed by atoms with E-state index >= 15 is 0 Å². The molecule has 2 heterocycles. The number of nitrogens with zero attached hydrogens (tertiary/aromatic N) is 2. The minimum absolute atomic E-state index is 0.251. The summed E-state index contributed by atoms with van der Waals surface area (Å²) in [5, 5.41) is 5.44. The van der Waals surface area contributed by atoms with Gasteiger partial charge in [0.25, 0.3) is 5.91 Å². The second-order valence-corrected chi connectivity index (χ2v) is 8.15. The molecule has 0 unspecified atom stereocenters. The predicted molar refractivity (Wildman–Crippen MR) is 120 cm³/mol. The number of anilines is 1. The van der Waals surface area contributed by atoms with Crippen LogP contribution in [0.15, 0.2) is 41.8 Å². The third-order valence-electron chi connectivity index (χ3n) is 5.28.